The minimum atomic E-state index is -0.0720. The number of hydrogen-bond acceptors (Lipinski definition) is 3. The molecule has 1 saturated heterocycles. The summed E-state index contributed by atoms with van der Waals surface area (Å²) in [6.07, 6.45) is 1.89. The van der Waals surface area contributed by atoms with Gasteiger partial charge in [0, 0.05) is 19.5 Å². The summed E-state index contributed by atoms with van der Waals surface area (Å²) in [5.74, 6) is 0.756. The van der Waals surface area contributed by atoms with Gasteiger partial charge in [-0.3, -0.25) is 9.59 Å². The molecule has 1 fully saturated rings. The number of benzene rings is 1. The SMILES string of the molecule is COc1cccc(CCC(=O)N2CCCNC(=O)C2)c1. The number of nitrogens with one attached hydrogen (secondary N) is 1. The number of carbonyl (C=O) groups excluding carboxylic acids is 2. The van der Waals surface area contributed by atoms with Crippen molar-refractivity contribution >= 4 is 11.8 Å². The second-order valence-electron chi connectivity index (χ2n) is 4.87. The van der Waals surface area contributed by atoms with E-state index in [4.69, 9.17) is 4.74 Å². The topological polar surface area (TPSA) is 58.6 Å². The molecule has 2 rings (SSSR count). The number of methoxy groups -OCH3 is 1. The van der Waals surface area contributed by atoms with Crippen LogP contribution in [-0.4, -0.2) is 43.5 Å². The van der Waals surface area contributed by atoms with E-state index in [0.29, 0.717) is 25.9 Å². The fourth-order valence-electron chi connectivity index (χ4n) is 2.26. The van der Waals surface area contributed by atoms with Gasteiger partial charge in [0.1, 0.15) is 5.75 Å². The zero-order chi connectivity index (χ0) is 14.4. The lowest BCUT2D eigenvalue weighted by Crippen LogP contribution is -2.37. The largest absolute Gasteiger partial charge is 0.497 e. The van der Waals surface area contributed by atoms with Gasteiger partial charge in [0.25, 0.3) is 0 Å². The molecular weight excluding hydrogens is 256 g/mol. The van der Waals surface area contributed by atoms with Gasteiger partial charge in [-0.2, -0.15) is 0 Å². The van der Waals surface area contributed by atoms with Crippen LogP contribution < -0.4 is 10.1 Å². The standard InChI is InChI=1S/C15H20N2O3/c1-20-13-5-2-4-12(10-13)6-7-15(19)17-9-3-8-16-14(18)11-17/h2,4-5,10H,3,6-9,11H2,1H3,(H,16,18). The third-order valence-corrected chi connectivity index (χ3v) is 3.38. The van der Waals surface area contributed by atoms with E-state index in [-0.39, 0.29) is 18.4 Å². The van der Waals surface area contributed by atoms with E-state index in [9.17, 15) is 9.59 Å². The number of nitrogens with zero attached hydrogens (tertiary/aromatic N) is 1. The number of rotatable bonds is 4. The highest BCUT2D eigenvalue weighted by Gasteiger charge is 2.19. The Hall–Kier alpha value is -2.04. The highest BCUT2D eigenvalue weighted by atomic mass is 16.5. The molecule has 1 N–H and O–H groups in total. The lowest BCUT2D eigenvalue weighted by Gasteiger charge is -2.18. The monoisotopic (exact) mass is 276 g/mol. The van der Waals surface area contributed by atoms with E-state index in [1.165, 1.54) is 0 Å². The first kappa shape index (κ1) is 14.4. The smallest absolute Gasteiger partial charge is 0.239 e. The van der Waals surface area contributed by atoms with E-state index in [1.807, 2.05) is 24.3 Å². The molecule has 0 aromatic heterocycles. The first-order chi connectivity index (χ1) is 9.69. The average molecular weight is 276 g/mol. The minimum absolute atomic E-state index is 0.0323. The number of ether oxygens (including phenoxy) is 1. The average Bonchev–Trinajstić information content (AvgIpc) is 2.69. The lowest BCUT2D eigenvalue weighted by molar-refractivity contribution is -0.135. The van der Waals surface area contributed by atoms with Gasteiger partial charge in [0.05, 0.1) is 13.7 Å². The molecule has 0 atom stereocenters. The Bertz CT molecular complexity index is 488. The van der Waals surface area contributed by atoms with Crippen molar-refractivity contribution in [1.82, 2.24) is 10.2 Å². The van der Waals surface area contributed by atoms with Crippen LogP contribution in [-0.2, 0) is 16.0 Å². The van der Waals surface area contributed by atoms with Crippen molar-refractivity contribution < 1.29 is 14.3 Å². The molecule has 20 heavy (non-hydrogen) atoms. The Morgan fingerprint density at radius 2 is 2.30 bits per heavy atom. The van der Waals surface area contributed by atoms with Crippen molar-refractivity contribution in [3.8, 4) is 5.75 Å². The van der Waals surface area contributed by atoms with Crippen LogP contribution in [0.25, 0.3) is 0 Å². The van der Waals surface area contributed by atoms with Crippen LogP contribution in [0.15, 0.2) is 24.3 Å². The number of aryl methyl sites for hydroxylation is 1. The van der Waals surface area contributed by atoms with E-state index >= 15 is 0 Å². The summed E-state index contributed by atoms with van der Waals surface area (Å²) < 4.78 is 5.16. The molecule has 1 aliphatic rings. The van der Waals surface area contributed by atoms with Crippen molar-refractivity contribution in [3.63, 3.8) is 0 Å². The van der Waals surface area contributed by atoms with Gasteiger partial charge in [-0.15, -0.1) is 0 Å². The Kier molecular flexibility index (Phi) is 4.98. The molecule has 1 aromatic rings. The van der Waals surface area contributed by atoms with Crippen molar-refractivity contribution in [2.75, 3.05) is 26.7 Å². The maximum atomic E-state index is 12.1. The van der Waals surface area contributed by atoms with Crippen LogP contribution >= 0.6 is 0 Å². The van der Waals surface area contributed by atoms with Crippen LogP contribution in [0.5, 0.6) is 5.75 Å². The van der Waals surface area contributed by atoms with Crippen molar-refractivity contribution in [1.29, 1.82) is 0 Å². The fourth-order valence-corrected chi connectivity index (χ4v) is 2.26. The Morgan fingerprint density at radius 1 is 1.45 bits per heavy atom. The quantitative estimate of drug-likeness (QED) is 0.891. The van der Waals surface area contributed by atoms with Crippen molar-refractivity contribution in [3.05, 3.63) is 29.8 Å². The summed E-state index contributed by atoms with van der Waals surface area (Å²) in [4.78, 5) is 25.2. The maximum Gasteiger partial charge on any atom is 0.239 e. The van der Waals surface area contributed by atoms with Gasteiger partial charge in [-0.05, 0) is 30.5 Å². The molecule has 1 aromatic carbocycles. The molecule has 0 bridgehead atoms. The lowest BCUT2D eigenvalue weighted by atomic mass is 10.1. The molecule has 2 amide bonds. The van der Waals surface area contributed by atoms with Crippen LogP contribution in [0.1, 0.15) is 18.4 Å². The Balaban J connectivity index is 1.89. The summed E-state index contributed by atoms with van der Waals surface area (Å²) in [5.41, 5.74) is 1.07. The van der Waals surface area contributed by atoms with E-state index in [1.54, 1.807) is 12.0 Å². The molecule has 0 radical (unpaired) electrons. The van der Waals surface area contributed by atoms with Crippen LogP contribution in [0, 0.1) is 0 Å². The number of amides is 2. The molecule has 0 unspecified atom stereocenters. The van der Waals surface area contributed by atoms with Crippen LogP contribution in [0.3, 0.4) is 0 Å². The molecular formula is C15H20N2O3. The predicted molar refractivity (Wildman–Crippen MR) is 75.5 cm³/mol. The zero-order valence-electron chi connectivity index (χ0n) is 11.7. The highest BCUT2D eigenvalue weighted by molar-refractivity contribution is 5.85. The van der Waals surface area contributed by atoms with Crippen LogP contribution in [0.2, 0.25) is 0 Å². The molecule has 5 nitrogen and oxygen atoms in total. The molecule has 0 saturated carbocycles. The van der Waals surface area contributed by atoms with Gasteiger partial charge in [0.15, 0.2) is 0 Å². The van der Waals surface area contributed by atoms with Gasteiger partial charge >= 0.3 is 0 Å². The molecule has 1 aliphatic heterocycles. The van der Waals surface area contributed by atoms with Crippen molar-refractivity contribution in [2.45, 2.75) is 19.3 Å². The summed E-state index contributed by atoms with van der Waals surface area (Å²) >= 11 is 0. The second-order valence-corrected chi connectivity index (χ2v) is 4.87. The number of hydrogen-bond donors (Lipinski definition) is 1. The summed E-state index contributed by atoms with van der Waals surface area (Å²) in [5, 5.41) is 2.77. The molecule has 1 heterocycles. The van der Waals surface area contributed by atoms with Gasteiger partial charge in [-0.25, -0.2) is 0 Å². The van der Waals surface area contributed by atoms with Crippen LogP contribution in [0.4, 0.5) is 0 Å². The predicted octanol–water partition coefficient (Wildman–Crippen LogP) is 0.976. The first-order valence-electron chi connectivity index (χ1n) is 6.86. The Morgan fingerprint density at radius 3 is 3.10 bits per heavy atom. The summed E-state index contributed by atoms with van der Waals surface area (Å²) in [6.45, 7) is 1.48. The third-order valence-electron chi connectivity index (χ3n) is 3.38. The van der Waals surface area contributed by atoms with Gasteiger partial charge < -0.3 is 15.0 Å². The molecule has 5 heteroatoms. The van der Waals surface area contributed by atoms with E-state index in [2.05, 4.69) is 5.32 Å². The van der Waals surface area contributed by atoms with E-state index in [0.717, 1.165) is 17.7 Å². The summed E-state index contributed by atoms with van der Waals surface area (Å²) in [7, 11) is 1.63. The van der Waals surface area contributed by atoms with Crippen molar-refractivity contribution in [2.24, 2.45) is 0 Å². The molecule has 108 valence electrons. The first-order valence-corrected chi connectivity index (χ1v) is 6.86. The zero-order valence-corrected chi connectivity index (χ0v) is 11.7. The Labute approximate surface area is 118 Å². The second kappa shape index (κ2) is 6.93. The fraction of sp³-hybridized carbons (Fsp3) is 0.467. The minimum Gasteiger partial charge on any atom is -0.497 e. The molecule has 0 aliphatic carbocycles. The number of carbonyl (C=O) groups is 2. The van der Waals surface area contributed by atoms with E-state index < -0.39 is 0 Å². The van der Waals surface area contributed by atoms with Gasteiger partial charge in [0.2, 0.25) is 11.8 Å². The third kappa shape index (κ3) is 3.98. The molecule has 0 spiro atoms. The normalized spacial score (nSPS) is 15.4. The maximum absolute atomic E-state index is 12.1. The summed E-state index contributed by atoms with van der Waals surface area (Å²) in [6, 6.07) is 7.70. The highest BCUT2D eigenvalue weighted by Crippen LogP contribution is 2.14. The van der Waals surface area contributed by atoms with Gasteiger partial charge in [-0.1, -0.05) is 12.1 Å².